The molecule has 0 radical (unpaired) electrons. The average molecular weight is 139 g/mol. The van der Waals surface area contributed by atoms with Gasteiger partial charge in [-0.15, -0.1) is 6.58 Å². The summed E-state index contributed by atoms with van der Waals surface area (Å²) in [6.07, 6.45) is 4.73. The van der Waals surface area contributed by atoms with Crippen LogP contribution in [0.5, 0.6) is 0 Å². The molecule has 1 aliphatic rings. The smallest absolute Gasteiger partial charge is 0.0160 e. The van der Waals surface area contributed by atoms with E-state index in [9.17, 15) is 0 Å². The van der Waals surface area contributed by atoms with Crippen molar-refractivity contribution in [3.63, 3.8) is 0 Å². The van der Waals surface area contributed by atoms with Gasteiger partial charge in [-0.05, 0) is 31.8 Å². The van der Waals surface area contributed by atoms with Gasteiger partial charge in [0.1, 0.15) is 0 Å². The standard InChI is InChI=1S/C9H17N/c1-3-6-10-7-4-9(2)5-8-10/h3,9H,1,4-8H2,2H3. The normalized spacial score (nSPS) is 22.9. The Kier molecular flexibility index (Phi) is 2.94. The molecule has 0 N–H and O–H groups in total. The molecule has 1 saturated heterocycles. The van der Waals surface area contributed by atoms with Gasteiger partial charge < -0.3 is 0 Å². The third-order valence-corrected chi connectivity index (χ3v) is 2.26. The third-order valence-electron chi connectivity index (χ3n) is 2.26. The molecule has 10 heavy (non-hydrogen) atoms. The van der Waals surface area contributed by atoms with E-state index >= 15 is 0 Å². The third kappa shape index (κ3) is 2.14. The van der Waals surface area contributed by atoms with Gasteiger partial charge >= 0.3 is 0 Å². The van der Waals surface area contributed by atoms with Crippen LogP contribution in [0.1, 0.15) is 19.8 Å². The largest absolute Gasteiger partial charge is 0.300 e. The first kappa shape index (κ1) is 7.80. The predicted molar refractivity (Wildman–Crippen MR) is 45.0 cm³/mol. The van der Waals surface area contributed by atoms with Gasteiger partial charge in [0.2, 0.25) is 0 Å². The molecule has 1 fully saturated rings. The average Bonchev–Trinajstić information content (AvgIpc) is 1.95. The fourth-order valence-corrected chi connectivity index (χ4v) is 1.43. The Morgan fingerprint density at radius 1 is 1.50 bits per heavy atom. The van der Waals surface area contributed by atoms with E-state index in [-0.39, 0.29) is 0 Å². The topological polar surface area (TPSA) is 3.24 Å². The first-order chi connectivity index (χ1) is 4.83. The van der Waals surface area contributed by atoms with E-state index in [1.165, 1.54) is 25.9 Å². The van der Waals surface area contributed by atoms with Crippen molar-refractivity contribution in [2.45, 2.75) is 19.8 Å². The van der Waals surface area contributed by atoms with Crippen molar-refractivity contribution in [3.8, 4) is 0 Å². The van der Waals surface area contributed by atoms with Gasteiger partial charge in [0.05, 0.1) is 0 Å². The van der Waals surface area contributed by atoms with Crippen LogP contribution in [-0.2, 0) is 0 Å². The zero-order chi connectivity index (χ0) is 7.40. The second-order valence-electron chi connectivity index (χ2n) is 3.27. The van der Waals surface area contributed by atoms with Crippen molar-refractivity contribution in [2.24, 2.45) is 5.92 Å². The summed E-state index contributed by atoms with van der Waals surface area (Å²) in [5.41, 5.74) is 0. The van der Waals surface area contributed by atoms with Crippen LogP contribution in [0.25, 0.3) is 0 Å². The minimum Gasteiger partial charge on any atom is -0.300 e. The summed E-state index contributed by atoms with van der Waals surface area (Å²) in [6.45, 7) is 9.69. The maximum absolute atomic E-state index is 3.73. The van der Waals surface area contributed by atoms with E-state index in [2.05, 4.69) is 18.4 Å². The molecule has 0 aliphatic carbocycles. The van der Waals surface area contributed by atoms with E-state index < -0.39 is 0 Å². The molecule has 0 unspecified atom stereocenters. The van der Waals surface area contributed by atoms with Crippen LogP contribution in [0, 0.1) is 5.92 Å². The van der Waals surface area contributed by atoms with Crippen LogP contribution < -0.4 is 0 Å². The molecule has 1 heterocycles. The molecule has 0 bridgehead atoms. The Hall–Kier alpha value is -0.300. The van der Waals surface area contributed by atoms with Crippen molar-refractivity contribution in [2.75, 3.05) is 19.6 Å². The summed E-state index contributed by atoms with van der Waals surface area (Å²) in [5, 5.41) is 0. The Balaban J connectivity index is 2.19. The van der Waals surface area contributed by atoms with Gasteiger partial charge in [-0.25, -0.2) is 0 Å². The molecule has 1 aliphatic heterocycles. The molecular weight excluding hydrogens is 122 g/mol. The molecule has 0 spiro atoms. The van der Waals surface area contributed by atoms with Gasteiger partial charge in [0.25, 0.3) is 0 Å². The lowest BCUT2D eigenvalue weighted by Crippen LogP contribution is -2.32. The van der Waals surface area contributed by atoms with Crippen LogP contribution in [0.2, 0.25) is 0 Å². The summed E-state index contributed by atoms with van der Waals surface area (Å²) in [4.78, 5) is 2.47. The molecule has 1 rings (SSSR count). The molecule has 0 atom stereocenters. The Labute approximate surface area is 63.7 Å². The number of hydrogen-bond donors (Lipinski definition) is 0. The number of piperidine rings is 1. The zero-order valence-electron chi connectivity index (χ0n) is 6.84. The molecule has 0 aromatic carbocycles. The number of hydrogen-bond acceptors (Lipinski definition) is 1. The van der Waals surface area contributed by atoms with E-state index in [1.54, 1.807) is 0 Å². The molecular formula is C9H17N. The zero-order valence-corrected chi connectivity index (χ0v) is 6.84. The van der Waals surface area contributed by atoms with Crippen molar-refractivity contribution >= 4 is 0 Å². The second-order valence-corrected chi connectivity index (χ2v) is 3.27. The van der Waals surface area contributed by atoms with Crippen molar-refractivity contribution in [1.82, 2.24) is 4.90 Å². The fraction of sp³-hybridized carbons (Fsp3) is 0.778. The van der Waals surface area contributed by atoms with E-state index in [1.807, 2.05) is 6.08 Å². The van der Waals surface area contributed by atoms with E-state index in [0.717, 1.165) is 12.5 Å². The van der Waals surface area contributed by atoms with Crippen LogP contribution in [0.3, 0.4) is 0 Å². The van der Waals surface area contributed by atoms with E-state index in [0.29, 0.717) is 0 Å². The summed E-state index contributed by atoms with van der Waals surface area (Å²) >= 11 is 0. The lowest BCUT2D eigenvalue weighted by atomic mass is 9.99. The van der Waals surface area contributed by atoms with Crippen LogP contribution >= 0.6 is 0 Å². The lowest BCUT2D eigenvalue weighted by Gasteiger charge is -2.28. The Bertz CT molecular complexity index is 101. The molecule has 0 aromatic heterocycles. The van der Waals surface area contributed by atoms with E-state index in [4.69, 9.17) is 0 Å². The highest BCUT2D eigenvalue weighted by Gasteiger charge is 2.13. The highest BCUT2D eigenvalue weighted by atomic mass is 15.1. The Morgan fingerprint density at radius 3 is 2.60 bits per heavy atom. The lowest BCUT2D eigenvalue weighted by molar-refractivity contribution is 0.210. The summed E-state index contributed by atoms with van der Waals surface area (Å²) in [7, 11) is 0. The quantitative estimate of drug-likeness (QED) is 0.528. The van der Waals surface area contributed by atoms with Gasteiger partial charge in [0.15, 0.2) is 0 Å². The van der Waals surface area contributed by atoms with Crippen molar-refractivity contribution in [3.05, 3.63) is 12.7 Å². The highest BCUT2D eigenvalue weighted by molar-refractivity contribution is 4.77. The van der Waals surface area contributed by atoms with Crippen LogP contribution in [-0.4, -0.2) is 24.5 Å². The first-order valence-corrected chi connectivity index (χ1v) is 4.16. The van der Waals surface area contributed by atoms with Gasteiger partial charge in [-0.3, -0.25) is 4.90 Å². The van der Waals surface area contributed by atoms with Gasteiger partial charge in [0, 0.05) is 6.54 Å². The minimum atomic E-state index is 0.945. The number of likely N-dealkylation sites (tertiary alicyclic amines) is 1. The summed E-state index contributed by atoms with van der Waals surface area (Å²) < 4.78 is 0. The van der Waals surface area contributed by atoms with Crippen molar-refractivity contribution < 1.29 is 0 Å². The van der Waals surface area contributed by atoms with Gasteiger partial charge in [-0.1, -0.05) is 13.0 Å². The molecule has 0 saturated carbocycles. The first-order valence-electron chi connectivity index (χ1n) is 4.16. The maximum atomic E-state index is 3.73. The molecule has 0 amide bonds. The molecule has 0 aromatic rings. The molecule has 58 valence electrons. The fourth-order valence-electron chi connectivity index (χ4n) is 1.43. The monoisotopic (exact) mass is 139 g/mol. The maximum Gasteiger partial charge on any atom is 0.0160 e. The van der Waals surface area contributed by atoms with Crippen molar-refractivity contribution in [1.29, 1.82) is 0 Å². The number of rotatable bonds is 2. The van der Waals surface area contributed by atoms with Crippen LogP contribution in [0.15, 0.2) is 12.7 Å². The molecule has 1 nitrogen and oxygen atoms in total. The Morgan fingerprint density at radius 2 is 2.10 bits per heavy atom. The second kappa shape index (κ2) is 3.77. The van der Waals surface area contributed by atoms with Crippen LogP contribution in [0.4, 0.5) is 0 Å². The predicted octanol–water partition coefficient (Wildman–Crippen LogP) is 1.90. The minimum absolute atomic E-state index is 0.945. The SMILES string of the molecule is C=CCN1CCC(C)CC1. The highest BCUT2D eigenvalue weighted by Crippen LogP contribution is 2.15. The summed E-state index contributed by atoms with van der Waals surface area (Å²) in [6, 6.07) is 0. The molecule has 1 heteroatoms. The number of nitrogens with zero attached hydrogens (tertiary/aromatic N) is 1. The summed E-state index contributed by atoms with van der Waals surface area (Å²) in [5.74, 6) is 0.945. The van der Waals surface area contributed by atoms with Gasteiger partial charge in [-0.2, -0.15) is 0 Å².